The lowest BCUT2D eigenvalue weighted by molar-refractivity contribution is 1.43. The number of halogens is 2. The largest absolute Gasteiger partial charge is 0.398 e. The summed E-state index contributed by atoms with van der Waals surface area (Å²) in [5, 5.41) is 7.98. The highest BCUT2D eigenvalue weighted by Gasteiger charge is 2.08. The summed E-state index contributed by atoms with van der Waals surface area (Å²) in [7, 11) is 0. The molecule has 0 amide bonds. The quantitative estimate of drug-likeness (QED) is 0.535. The predicted octanol–water partition coefficient (Wildman–Crippen LogP) is 2.88. The van der Waals surface area contributed by atoms with E-state index >= 15 is 0 Å². The molecule has 0 aliphatic heterocycles. The van der Waals surface area contributed by atoms with Gasteiger partial charge in [-0.25, -0.2) is 0 Å². The molecule has 4 heteroatoms. The fourth-order valence-corrected chi connectivity index (χ4v) is 1.40. The molecule has 12 heavy (non-hydrogen) atoms. The van der Waals surface area contributed by atoms with Crippen LogP contribution in [0.3, 0.4) is 0 Å². The third kappa shape index (κ3) is 1.40. The molecule has 0 aliphatic rings. The molecule has 0 bridgehead atoms. The molecular weight excluding hydrogens is 195 g/mol. The molecule has 0 spiro atoms. The van der Waals surface area contributed by atoms with Crippen molar-refractivity contribution in [2.75, 3.05) is 5.73 Å². The molecule has 3 N–H and O–H groups in total. The van der Waals surface area contributed by atoms with Crippen molar-refractivity contribution in [3.05, 3.63) is 27.2 Å². The van der Waals surface area contributed by atoms with Gasteiger partial charge in [0.2, 0.25) is 0 Å². The van der Waals surface area contributed by atoms with Crippen LogP contribution in [0.1, 0.15) is 11.1 Å². The van der Waals surface area contributed by atoms with Crippen LogP contribution >= 0.6 is 23.2 Å². The van der Waals surface area contributed by atoms with Gasteiger partial charge in [-0.05, 0) is 18.6 Å². The minimum absolute atomic E-state index is 0.428. The lowest BCUT2D eigenvalue weighted by atomic mass is 10.1. The topological polar surface area (TPSA) is 49.9 Å². The summed E-state index contributed by atoms with van der Waals surface area (Å²) in [6.45, 7) is 1.78. The third-order valence-corrected chi connectivity index (χ3v) is 2.56. The van der Waals surface area contributed by atoms with Crippen molar-refractivity contribution in [2.45, 2.75) is 6.92 Å². The number of nitrogens with one attached hydrogen (secondary N) is 1. The summed E-state index contributed by atoms with van der Waals surface area (Å²) < 4.78 is 0. The third-order valence-electron chi connectivity index (χ3n) is 1.68. The Morgan fingerprint density at radius 2 is 2.08 bits per heavy atom. The SMILES string of the molecule is Cc1c(Cl)c(Cl)cc(N)c1C=N. The number of rotatable bonds is 1. The number of nitrogens with two attached hydrogens (primary N) is 1. The monoisotopic (exact) mass is 202 g/mol. The van der Waals surface area contributed by atoms with E-state index in [9.17, 15) is 0 Å². The maximum absolute atomic E-state index is 7.09. The molecule has 0 atom stereocenters. The van der Waals surface area contributed by atoms with E-state index in [0.29, 0.717) is 21.3 Å². The molecule has 0 aliphatic carbocycles. The second-order valence-electron chi connectivity index (χ2n) is 2.44. The molecular formula is C8H8Cl2N2. The molecule has 1 rings (SSSR count). The molecule has 0 unspecified atom stereocenters. The minimum Gasteiger partial charge on any atom is -0.398 e. The zero-order valence-corrected chi connectivity index (χ0v) is 8.00. The fourth-order valence-electron chi connectivity index (χ4n) is 0.983. The van der Waals surface area contributed by atoms with Crippen LogP contribution in [0.2, 0.25) is 10.0 Å². The van der Waals surface area contributed by atoms with Crippen LogP contribution in [0, 0.1) is 12.3 Å². The van der Waals surface area contributed by atoms with Gasteiger partial charge in [-0.15, -0.1) is 0 Å². The summed E-state index contributed by atoms with van der Waals surface area (Å²) in [5.74, 6) is 0. The van der Waals surface area contributed by atoms with E-state index < -0.39 is 0 Å². The molecule has 0 heterocycles. The second-order valence-corrected chi connectivity index (χ2v) is 3.23. The highest BCUT2D eigenvalue weighted by Crippen LogP contribution is 2.30. The molecule has 2 nitrogen and oxygen atoms in total. The average molecular weight is 203 g/mol. The smallest absolute Gasteiger partial charge is 0.0629 e. The molecule has 0 radical (unpaired) electrons. The summed E-state index contributed by atoms with van der Waals surface area (Å²) in [5.41, 5.74) is 7.47. The summed E-state index contributed by atoms with van der Waals surface area (Å²) in [6, 6.07) is 1.55. The highest BCUT2D eigenvalue weighted by molar-refractivity contribution is 6.43. The lowest BCUT2D eigenvalue weighted by Gasteiger charge is -2.07. The van der Waals surface area contributed by atoms with Crippen LogP contribution in [0.4, 0.5) is 5.69 Å². The zero-order chi connectivity index (χ0) is 9.30. The van der Waals surface area contributed by atoms with E-state index in [4.69, 9.17) is 34.3 Å². The van der Waals surface area contributed by atoms with Gasteiger partial charge in [0, 0.05) is 17.5 Å². The van der Waals surface area contributed by atoms with Gasteiger partial charge in [0.1, 0.15) is 0 Å². The van der Waals surface area contributed by atoms with Crippen molar-refractivity contribution in [2.24, 2.45) is 0 Å². The Morgan fingerprint density at radius 3 is 2.58 bits per heavy atom. The number of nitrogen functional groups attached to an aromatic ring is 1. The molecule has 0 aromatic heterocycles. The maximum Gasteiger partial charge on any atom is 0.0629 e. The van der Waals surface area contributed by atoms with Crippen LogP contribution < -0.4 is 5.73 Å². The number of benzene rings is 1. The van der Waals surface area contributed by atoms with E-state index in [1.807, 2.05) is 0 Å². The Labute approximate surface area is 80.8 Å². The van der Waals surface area contributed by atoms with Gasteiger partial charge in [0.15, 0.2) is 0 Å². The van der Waals surface area contributed by atoms with Crippen molar-refractivity contribution < 1.29 is 0 Å². The van der Waals surface area contributed by atoms with Crippen molar-refractivity contribution in [3.8, 4) is 0 Å². The van der Waals surface area contributed by atoms with Gasteiger partial charge in [-0.2, -0.15) is 0 Å². The zero-order valence-electron chi connectivity index (χ0n) is 6.49. The minimum atomic E-state index is 0.428. The maximum atomic E-state index is 7.09. The van der Waals surface area contributed by atoms with E-state index in [-0.39, 0.29) is 0 Å². The van der Waals surface area contributed by atoms with Crippen molar-refractivity contribution in [1.29, 1.82) is 5.41 Å². The first kappa shape index (κ1) is 9.36. The molecule has 0 fully saturated rings. The summed E-state index contributed by atoms with van der Waals surface area (Å²) in [6.07, 6.45) is 1.17. The van der Waals surface area contributed by atoms with Crippen LogP contribution in [-0.4, -0.2) is 6.21 Å². The number of hydrogen-bond donors (Lipinski definition) is 2. The van der Waals surface area contributed by atoms with E-state index in [1.165, 1.54) is 6.21 Å². The van der Waals surface area contributed by atoms with Gasteiger partial charge in [-0.3, -0.25) is 0 Å². The summed E-state index contributed by atoms with van der Waals surface area (Å²) in [4.78, 5) is 0. The predicted molar refractivity (Wildman–Crippen MR) is 53.5 cm³/mol. The molecule has 1 aromatic carbocycles. The Bertz CT molecular complexity index is 334. The van der Waals surface area contributed by atoms with Gasteiger partial charge >= 0.3 is 0 Å². The van der Waals surface area contributed by atoms with Crippen LogP contribution in [0.5, 0.6) is 0 Å². The van der Waals surface area contributed by atoms with Crippen molar-refractivity contribution in [3.63, 3.8) is 0 Å². The number of anilines is 1. The first-order chi connectivity index (χ1) is 5.57. The molecule has 0 saturated carbocycles. The molecule has 64 valence electrons. The fraction of sp³-hybridized carbons (Fsp3) is 0.125. The average Bonchev–Trinajstić information content (AvgIpc) is 2.01. The molecule has 0 saturated heterocycles. The Hall–Kier alpha value is -0.730. The van der Waals surface area contributed by atoms with Gasteiger partial charge < -0.3 is 11.1 Å². The summed E-state index contributed by atoms with van der Waals surface area (Å²) >= 11 is 11.6. The van der Waals surface area contributed by atoms with Crippen LogP contribution in [0.15, 0.2) is 6.07 Å². The number of hydrogen-bond acceptors (Lipinski definition) is 2. The van der Waals surface area contributed by atoms with Gasteiger partial charge in [0.05, 0.1) is 10.0 Å². The van der Waals surface area contributed by atoms with E-state index in [2.05, 4.69) is 0 Å². The Kier molecular flexibility index (Phi) is 2.60. The van der Waals surface area contributed by atoms with E-state index in [0.717, 1.165) is 5.56 Å². The molecule has 1 aromatic rings. The highest BCUT2D eigenvalue weighted by atomic mass is 35.5. The Morgan fingerprint density at radius 1 is 1.50 bits per heavy atom. The standard InChI is InChI=1S/C8H8Cl2N2/c1-4-5(3-11)7(12)2-6(9)8(4)10/h2-3,11H,12H2,1H3. The van der Waals surface area contributed by atoms with E-state index in [1.54, 1.807) is 13.0 Å². The first-order valence-corrected chi connectivity index (χ1v) is 4.08. The first-order valence-electron chi connectivity index (χ1n) is 3.32. The normalized spacial score (nSPS) is 9.92. The van der Waals surface area contributed by atoms with Crippen molar-refractivity contribution >= 4 is 35.1 Å². The van der Waals surface area contributed by atoms with Gasteiger partial charge in [-0.1, -0.05) is 23.2 Å². The Balaban J connectivity index is 3.51. The van der Waals surface area contributed by atoms with Gasteiger partial charge in [0.25, 0.3) is 0 Å². The lowest BCUT2D eigenvalue weighted by Crippen LogP contribution is -1.96. The van der Waals surface area contributed by atoms with Crippen LogP contribution in [0.25, 0.3) is 0 Å². The van der Waals surface area contributed by atoms with Crippen molar-refractivity contribution in [1.82, 2.24) is 0 Å². The second kappa shape index (κ2) is 3.33. The van der Waals surface area contributed by atoms with Crippen LogP contribution in [-0.2, 0) is 0 Å².